The minimum atomic E-state index is 0.0500. The van der Waals surface area contributed by atoms with Crippen molar-refractivity contribution in [3.8, 4) is 0 Å². The summed E-state index contributed by atoms with van der Waals surface area (Å²) in [6, 6.07) is 13.4. The quantitative estimate of drug-likeness (QED) is 0.673. The fraction of sp³-hybridized carbons (Fsp3) is 0.200. The van der Waals surface area contributed by atoms with E-state index in [1.807, 2.05) is 58.8 Å². The molecule has 3 aromatic heterocycles. The van der Waals surface area contributed by atoms with Gasteiger partial charge in [-0.3, -0.25) is 4.79 Å². The molecule has 1 amide bonds. The molecule has 0 spiro atoms. The number of amides is 1. The molecule has 28 heavy (non-hydrogen) atoms. The normalized spacial score (nSPS) is 14.4. The van der Waals surface area contributed by atoms with Crippen LogP contribution in [0.5, 0.6) is 0 Å². The van der Waals surface area contributed by atoms with Gasteiger partial charge >= 0.3 is 0 Å². The average molecular weight is 392 g/mol. The molecule has 1 aliphatic rings. The second-order valence-electron chi connectivity index (χ2n) is 6.28. The highest BCUT2D eigenvalue weighted by atomic mass is 32.1. The number of pyridine rings is 1. The Kier molecular flexibility index (Phi) is 5.58. The Bertz CT molecular complexity index is 919. The number of piperazine rings is 1. The molecule has 142 valence electrons. The zero-order valence-electron chi connectivity index (χ0n) is 15.2. The zero-order chi connectivity index (χ0) is 19.2. The van der Waals surface area contributed by atoms with Crippen molar-refractivity contribution in [2.24, 2.45) is 0 Å². The van der Waals surface area contributed by atoms with E-state index in [9.17, 15) is 4.79 Å². The molecule has 4 heterocycles. The van der Waals surface area contributed by atoms with Crippen molar-refractivity contribution in [2.75, 3.05) is 36.4 Å². The predicted molar refractivity (Wildman–Crippen MR) is 112 cm³/mol. The van der Waals surface area contributed by atoms with Gasteiger partial charge in [0.25, 0.3) is 0 Å². The van der Waals surface area contributed by atoms with Crippen molar-refractivity contribution in [1.29, 1.82) is 0 Å². The summed E-state index contributed by atoms with van der Waals surface area (Å²) < 4.78 is 0. The van der Waals surface area contributed by atoms with Crippen LogP contribution in [0.4, 0.5) is 17.5 Å². The van der Waals surface area contributed by atoms with Crippen LogP contribution in [0.15, 0.2) is 60.1 Å². The van der Waals surface area contributed by atoms with Crippen molar-refractivity contribution in [2.45, 2.75) is 0 Å². The summed E-state index contributed by atoms with van der Waals surface area (Å²) in [7, 11) is 0. The monoisotopic (exact) mass is 392 g/mol. The third kappa shape index (κ3) is 4.52. The molecule has 1 N–H and O–H groups in total. The maximum atomic E-state index is 12.3. The van der Waals surface area contributed by atoms with Gasteiger partial charge in [0, 0.05) is 43.3 Å². The van der Waals surface area contributed by atoms with Crippen LogP contribution in [0.2, 0.25) is 0 Å². The fourth-order valence-electron chi connectivity index (χ4n) is 2.93. The third-order valence-electron chi connectivity index (χ3n) is 4.42. The number of nitrogens with one attached hydrogen (secondary N) is 1. The van der Waals surface area contributed by atoms with Crippen LogP contribution in [0.1, 0.15) is 4.88 Å². The molecular weight excluding hydrogens is 372 g/mol. The summed E-state index contributed by atoms with van der Waals surface area (Å²) in [5, 5.41) is 13.7. The molecule has 4 rings (SSSR count). The molecule has 0 atom stereocenters. The highest BCUT2D eigenvalue weighted by molar-refractivity contribution is 7.10. The minimum absolute atomic E-state index is 0.0500. The summed E-state index contributed by atoms with van der Waals surface area (Å²) in [4.78, 5) is 21.6. The lowest BCUT2D eigenvalue weighted by Gasteiger charge is -2.34. The lowest BCUT2D eigenvalue weighted by molar-refractivity contribution is -0.126. The van der Waals surface area contributed by atoms with Gasteiger partial charge in [-0.2, -0.15) is 0 Å². The van der Waals surface area contributed by atoms with Crippen LogP contribution in [-0.2, 0) is 4.79 Å². The Morgan fingerprint density at radius 3 is 2.57 bits per heavy atom. The van der Waals surface area contributed by atoms with E-state index in [1.165, 1.54) is 0 Å². The standard InChI is InChI=1S/C20H20N6OS/c27-20(9-6-16-4-3-15-28-16)26-13-11-25(12-14-26)19-8-7-18(23-24-19)22-17-5-1-2-10-21-17/h1-10,15H,11-14H2,(H,21,22,23)/b9-6+. The molecule has 3 aromatic rings. The number of carbonyl (C=O) groups excluding carboxylic acids is 1. The Morgan fingerprint density at radius 2 is 1.89 bits per heavy atom. The van der Waals surface area contributed by atoms with Gasteiger partial charge in [-0.05, 0) is 41.8 Å². The zero-order valence-corrected chi connectivity index (χ0v) is 16.0. The van der Waals surface area contributed by atoms with Crippen LogP contribution in [0.25, 0.3) is 6.08 Å². The van der Waals surface area contributed by atoms with Gasteiger partial charge in [-0.1, -0.05) is 12.1 Å². The summed E-state index contributed by atoms with van der Waals surface area (Å²) in [6.45, 7) is 2.81. The van der Waals surface area contributed by atoms with Gasteiger partial charge in [-0.25, -0.2) is 4.98 Å². The highest BCUT2D eigenvalue weighted by Gasteiger charge is 2.20. The Hall–Kier alpha value is -3.26. The molecular formula is C20H20N6OS. The first-order chi connectivity index (χ1) is 13.8. The lowest BCUT2D eigenvalue weighted by atomic mass is 10.3. The van der Waals surface area contributed by atoms with E-state index < -0.39 is 0 Å². The van der Waals surface area contributed by atoms with Crippen molar-refractivity contribution < 1.29 is 4.79 Å². The first-order valence-corrected chi connectivity index (χ1v) is 9.93. The van der Waals surface area contributed by atoms with Crippen molar-refractivity contribution >= 4 is 40.8 Å². The number of hydrogen-bond acceptors (Lipinski definition) is 7. The van der Waals surface area contributed by atoms with Crippen molar-refractivity contribution in [3.05, 3.63) is 65.0 Å². The van der Waals surface area contributed by atoms with Gasteiger partial charge in [0.15, 0.2) is 11.6 Å². The van der Waals surface area contributed by atoms with Crippen LogP contribution < -0.4 is 10.2 Å². The summed E-state index contributed by atoms with van der Waals surface area (Å²) >= 11 is 1.62. The van der Waals surface area contributed by atoms with Crippen LogP contribution in [0, 0.1) is 0 Å². The van der Waals surface area contributed by atoms with Gasteiger partial charge in [0.05, 0.1) is 0 Å². The first kappa shape index (κ1) is 18.1. The van der Waals surface area contributed by atoms with Crippen LogP contribution in [-0.4, -0.2) is 52.2 Å². The lowest BCUT2D eigenvalue weighted by Crippen LogP contribution is -2.48. The number of carbonyl (C=O) groups is 1. The van der Waals surface area contributed by atoms with Gasteiger partial charge in [-0.15, -0.1) is 21.5 Å². The molecule has 1 aliphatic heterocycles. The minimum Gasteiger partial charge on any atom is -0.352 e. The Morgan fingerprint density at radius 1 is 1.00 bits per heavy atom. The van der Waals surface area contributed by atoms with Crippen LogP contribution in [0.3, 0.4) is 0 Å². The van der Waals surface area contributed by atoms with Gasteiger partial charge in [0.2, 0.25) is 5.91 Å². The smallest absolute Gasteiger partial charge is 0.246 e. The molecule has 0 saturated carbocycles. The summed E-state index contributed by atoms with van der Waals surface area (Å²) in [6.07, 6.45) is 5.25. The molecule has 7 nitrogen and oxygen atoms in total. The molecule has 8 heteroatoms. The number of aromatic nitrogens is 3. The number of anilines is 3. The molecule has 0 unspecified atom stereocenters. The van der Waals surface area contributed by atoms with Gasteiger partial charge < -0.3 is 15.1 Å². The van der Waals surface area contributed by atoms with Gasteiger partial charge in [0.1, 0.15) is 5.82 Å². The fourth-order valence-corrected chi connectivity index (χ4v) is 3.55. The van der Waals surface area contributed by atoms with Crippen molar-refractivity contribution in [3.63, 3.8) is 0 Å². The topological polar surface area (TPSA) is 74.2 Å². The van der Waals surface area contributed by atoms with E-state index in [1.54, 1.807) is 23.6 Å². The Balaban J connectivity index is 1.30. The second kappa shape index (κ2) is 8.62. The number of hydrogen-bond donors (Lipinski definition) is 1. The molecule has 0 bridgehead atoms. The molecule has 0 aliphatic carbocycles. The average Bonchev–Trinajstić information content (AvgIpc) is 3.27. The maximum Gasteiger partial charge on any atom is 0.246 e. The highest BCUT2D eigenvalue weighted by Crippen LogP contribution is 2.17. The van der Waals surface area contributed by atoms with E-state index in [-0.39, 0.29) is 5.91 Å². The Labute approximate surface area is 167 Å². The van der Waals surface area contributed by atoms with E-state index >= 15 is 0 Å². The third-order valence-corrected chi connectivity index (χ3v) is 5.26. The molecule has 0 aromatic carbocycles. The van der Waals surface area contributed by atoms with Crippen molar-refractivity contribution in [1.82, 2.24) is 20.1 Å². The van der Waals surface area contributed by atoms with E-state index in [4.69, 9.17) is 0 Å². The molecule has 1 fully saturated rings. The summed E-state index contributed by atoms with van der Waals surface area (Å²) in [5.41, 5.74) is 0. The first-order valence-electron chi connectivity index (χ1n) is 9.05. The molecule has 0 radical (unpaired) electrons. The SMILES string of the molecule is O=C(/C=C/c1cccs1)N1CCN(c2ccc(Nc3ccccn3)nn2)CC1. The number of rotatable bonds is 5. The van der Waals surface area contributed by atoms with Crippen LogP contribution >= 0.6 is 11.3 Å². The molecule has 1 saturated heterocycles. The second-order valence-corrected chi connectivity index (χ2v) is 7.26. The van der Waals surface area contributed by atoms with E-state index in [2.05, 4.69) is 25.4 Å². The maximum absolute atomic E-state index is 12.3. The largest absolute Gasteiger partial charge is 0.352 e. The predicted octanol–water partition coefficient (Wildman–Crippen LogP) is 3.04. The number of thiophene rings is 1. The number of nitrogens with zero attached hydrogens (tertiary/aromatic N) is 5. The van der Waals surface area contributed by atoms with E-state index in [0.717, 1.165) is 29.6 Å². The van der Waals surface area contributed by atoms with E-state index in [0.29, 0.717) is 18.9 Å². The summed E-state index contributed by atoms with van der Waals surface area (Å²) in [5.74, 6) is 2.24.